The summed E-state index contributed by atoms with van der Waals surface area (Å²) in [4.78, 5) is 8.74. The molecule has 0 amide bonds. The molecule has 4 heteroatoms. The van der Waals surface area contributed by atoms with Crippen LogP contribution in [0, 0.1) is 0 Å². The highest BCUT2D eigenvalue weighted by Crippen LogP contribution is 2.16. The van der Waals surface area contributed by atoms with Gasteiger partial charge in [-0.1, -0.05) is 42.5 Å². The van der Waals surface area contributed by atoms with Crippen LogP contribution in [0.1, 0.15) is 17.5 Å². The van der Waals surface area contributed by atoms with Gasteiger partial charge in [0, 0.05) is 12.7 Å². The fraction of sp³-hybridized carbons (Fsp3) is 0.182. The molecule has 2 aromatic carbocycles. The molecule has 0 N–H and O–H groups in total. The highest BCUT2D eigenvalue weighted by Gasteiger charge is 2.03. The van der Waals surface area contributed by atoms with E-state index in [1.54, 1.807) is 6.20 Å². The summed E-state index contributed by atoms with van der Waals surface area (Å²) < 4.78 is 7.94. The molecule has 130 valence electrons. The van der Waals surface area contributed by atoms with E-state index in [0.29, 0.717) is 6.61 Å². The second kappa shape index (κ2) is 7.83. The van der Waals surface area contributed by atoms with Gasteiger partial charge in [-0.05, 0) is 48.2 Å². The quantitative estimate of drug-likeness (QED) is 0.464. The molecule has 0 aliphatic rings. The Hall–Kier alpha value is -3.14. The molecule has 2 heterocycles. The van der Waals surface area contributed by atoms with E-state index in [1.807, 2.05) is 36.7 Å². The molecular formula is C22H21N3O. The molecular weight excluding hydrogens is 322 g/mol. The van der Waals surface area contributed by atoms with Crippen LogP contribution in [0.3, 0.4) is 0 Å². The number of rotatable bonds is 7. The van der Waals surface area contributed by atoms with Gasteiger partial charge in [0.2, 0.25) is 0 Å². The van der Waals surface area contributed by atoms with Gasteiger partial charge in [0.25, 0.3) is 0 Å². The first-order valence-electron chi connectivity index (χ1n) is 8.90. The number of aromatic nitrogens is 3. The predicted octanol–water partition coefficient (Wildman–Crippen LogP) is 4.49. The lowest BCUT2D eigenvalue weighted by Gasteiger charge is -2.08. The summed E-state index contributed by atoms with van der Waals surface area (Å²) in [5.41, 5.74) is 4.47. The van der Waals surface area contributed by atoms with Crippen molar-refractivity contribution in [3.63, 3.8) is 0 Å². The first kappa shape index (κ1) is 16.3. The minimum Gasteiger partial charge on any atom is -0.494 e. The summed E-state index contributed by atoms with van der Waals surface area (Å²) in [6.45, 7) is 1.52. The average Bonchev–Trinajstić information content (AvgIpc) is 3.11. The van der Waals surface area contributed by atoms with Crippen molar-refractivity contribution in [1.82, 2.24) is 14.5 Å². The molecule has 0 atom stereocenters. The van der Waals surface area contributed by atoms with Gasteiger partial charge in [0.15, 0.2) is 5.65 Å². The smallest absolute Gasteiger partial charge is 0.159 e. The maximum Gasteiger partial charge on any atom is 0.159 e. The SMILES string of the molecule is c1ccc(Cc2ccc(OCCCn3cnc4cccnc43)cc2)cc1. The van der Waals surface area contributed by atoms with Gasteiger partial charge in [0.1, 0.15) is 11.3 Å². The Balaban J connectivity index is 1.27. The van der Waals surface area contributed by atoms with Crippen molar-refractivity contribution in [2.45, 2.75) is 19.4 Å². The highest BCUT2D eigenvalue weighted by molar-refractivity contribution is 5.69. The number of pyridine rings is 1. The third-order valence-electron chi connectivity index (χ3n) is 4.36. The monoisotopic (exact) mass is 343 g/mol. The molecule has 26 heavy (non-hydrogen) atoms. The Morgan fingerprint density at radius 3 is 2.46 bits per heavy atom. The molecule has 0 unspecified atom stereocenters. The number of imidazole rings is 1. The van der Waals surface area contributed by atoms with Gasteiger partial charge in [0.05, 0.1) is 12.9 Å². The van der Waals surface area contributed by atoms with Crippen molar-refractivity contribution in [2.24, 2.45) is 0 Å². The summed E-state index contributed by atoms with van der Waals surface area (Å²) in [5.74, 6) is 0.912. The largest absolute Gasteiger partial charge is 0.494 e. The lowest BCUT2D eigenvalue weighted by atomic mass is 10.1. The maximum atomic E-state index is 5.87. The van der Waals surface area contributed by atoms with Crippen LogP contribution in [0.25, 0.3) is 11.2 Å². The normalized spacial score (nSPS) is 10.9. The van der Waals surface area contributed by atoms with Gasteiger partial charge in [-0.2, -0.15) is 0 Å². The number of fused-ring (bicyclic) bond motifs is 1. The van der Waals surface area contributed by atoms with E-state index in [0.717, 1.165) is 36.3 Å². The summed E-state index contributed by atoms with van der Waals surface area (Å²) in [6, 6.07) is 22.7. The van der Waals surface area contributed by atoms with Gasteiger partial charge in [-0.15, -0.1) is 0 Å². The van der Waals surface area contributed by atoms with E-state index in [4.69, 9.17) is 4.74 Å². The minimum absolute atomic E-state index is 0.671. The van der Waals surface area contributed by atoms with Crippen molar-refractivity contribution in [3.05, 3.63) is 90.4 Å². The first-order valence-corrected chi connectivity index (χ1v) is 8.90. The number of benzene rings is 2. The van der Waals surface area contributed by atoms with Crippen LogP contribution in [0.4, 0.5) is 0 Å². The fourth-order valence-corrected chi connectivity index (χ4v) is 3.02. The number of aryl methyl sites for hydroxylation is 1. The van der Waals surface area contributed by atoms with Crippen molar-refractivity contribution in [2.75, 3.05) is 6.61 Å². The van der Waals surface area contributed by atoms with Crippen LogP contribution in [-0.2, 0) is 13.0 Å². The second-order valence-corrected chi connectivity index (χ2v) is 6.29. The van der Waals surface area contributed by atoms with E-state index in [1.165, 1.54) is 11.1 Å². The van der Waals surface area contributed by atoms with E-state index in [2.05, 4.69) is 50.9 Å². The molecule has 0 spiro atoms. The molecule has 0 saturated heterocycles. The van der Waals surface area contributed by atoms with Crippen molar-refractivity contribution in [1.29, 1.82) is 0 Å². The summed E-state index contributed by atoms with van der Waals surface area (Å²) >= 11 is 0. The van der Waals surface area contributed by atoms with Crippen LogP contribution in [0.2, 0.25) is 0 Å². The lowest BCUT2D eigenvalue weighted by molar-refractivity contribution is 0.302. The zero-order valence-corrected chi connectivity index (χ0v) is 14.6. The second-order valence-electron chi connectivity index (χ2n) is 6.29. The summed E-state index contributed by atoms with van der Waals surface area (Å²) in [6.07, 6.45) is 5.50. The molecule has 4 nitrogen and oxygen atoms in total. The lowest BCUT2D eigenvalue weighted by Crippen LogP contribution is -2.04. The number of nitrogens with zero attached hydrogens (tertiary/aromatic N) is 3. The fourth-order valence-electron chi connectivity index (χ4n) is 3.02. The first-order chi connectivity index (χ1) is 12.9. The third kappa shape index (κ3) is 3.91. The standard InChI is InChI=1S/C22H21N3O/c1-2-6-18(7-3-1)16-19-9-11-20(12-10-19)26-15-5-14-25-17-24-21-8-4-13-23-22(21)25/h1-4,6-13,17H,5,14-16H2. The molecule has 0 aliphatic carbocycles. The van der Waals surface area contributed by atoms with E-state index < -0.39 is 0 Å². The number of hydrogen-bond donors (Lipinski definition) is 0. The highest BCUT2D eigenvalue weighted by atomic mass is 16.5. The Bertz CT molecular complexity index is 962. The Morgan fingerprint density at radius 2 is 1.62 bits per heavy atom. The average molecular weight is 343 g/mol. The molecule has 0 aliphatic heterocycles. The Labute approximate surface area is 153 Å². The number of hydrogen-bond acceptors (Lipinski definition) is 3. The van der Waals surface area contributed by atoms with Crippen molar-refractivity contribution < 1.29 is 4.74 Å². The molecule has 4 aromatic rings. The zero-order valence-electron chi connectivity index (χ0n) is 14.6. The zero-order chi connectivity index (χ0) is 17.6. The molecule has 0 radical (unpaired) electrons. The van der Waals surface area contributed by atoms with Gasteiger partial charge in [-0.25, -0.2) is 9.97 Å². The molecule has 2 aromatic heterocycles. The van der Waals surface area contributed by atoms with Gasteiger partial charge >= 0.3 is 0 Å². The van der Waals surface area contributed by atoms with Crippen LogP contribution in [0.15, 0.2) is 79.3 Å². The predicted molar refractivity (Wildman–Crippen MR) is 103 cm³/mol. The van der Waals surface area contributed by atoms with Gasteiger partial charge in [-0.3, -0.25) is 0 Å². The Morgan fingerprint density at radius 1 is 0.808 bits per heavy atom. The van der Waals surface area contributed by atoms with Crippen LogP contribution in [-0.4, -0.2) is 21.1 Å². The summed E-state index contributed by atoms with van der Waals surface area (Å²) in [5, 5.41) is 0. The minimum atomic E-state index is 0.671. The van der Waals surface area contributed by atoms with Crippen LogP contribution in [0.5, 0.6) is 5.75 Å². The van der Waals surface area contributed by atoms with Gasteiger partial charge < -0.3 is 9.30 Å². The third-order valence-corrected chi connectivity index (χ3v) is 4.36. The molecule has 0 fully saturated rings. The Kier molecular flexibility index (Phi) is 4.92. The molecule has 0 saturated carbocycles. The topological polar surface area (TPSA) is 39.9 Å². The van der Waals surface area contributed by atoms with E-state index in [-0.39, 0.29) is 0 Å². The van der Waals surface area contributed by atoms with Crippen molar-refractivity contribution in [3.8, 4) is 5.75 Å². The summed E-state index contributed by atoms with van der Waals surface area (Å²) in [7, 11) is 0. The maximum absolute atomic E-state index is 5.87. The number of ether oxygens (including phenoxy) is 1. The van der Waals surface area contributed by atoms with Crippen molar-refractivity contribution >= 4 is 11.2 Å². The van der Waals surface area contributed by atoms with E-state index >= 15 is 0 Å². The van der Waals surface area contributed by atoms with E-state index in [9.17, 15) is 0 Å². The molecule has 4 rings (SSSR count). The van der Waals surface area contributed by atoms with Crippen LogP contribution >= 0.6 is 0 Å². The van der Waals surface area contributed by atoms with Crippen LogP contribution < -0.4 is 4.74 Å². The molecule has 0 bridgehead atoms.